The zero-order valence-electron chi connectivity index (χ0n) is 13.2. The van der Waals surface area contributed by atoms with Crippen molar-refractivity contribution in [3.8, 4) is 0 Å². The Bertz CT molecular complexity index is 750. The first-order valence-electron chi connectivity index (χ1n) is 7.72. The smallest absolute Gasteiger partial charge is 0.354 e. The van der Waals surface area contributed by atoms with Crippen LogP contribution in [0.1, 0.15) is 29.1 Å². The van der Waals surface area contributed by atoms with Crippen LogP contribution in [-0.4, -0.2) is 40.2 Å². The van der Waals surface area contributed by atoms with Gasteiger partial charge in [-0.3, -0.25) is 4.79 Å². The zero-order valence-corrected chi connectivity index (χ0v) is 13.2. The lowest BCUT2D eigenvalue weighted by atomic mass is 9.96. The molecule has 0 bridgehead atoms. The molecule has 0 radical (unpaired) electrons. The average molecular weight is 330 g/mol. The topological polar surface area (TPSA) is 109 Å². The van der Waals surface area contributed by atoms with Crippen molar-refractivity contribution in [3.63, 3.8) is 0 Å². The van der Waals surface area contributed by atoms with E-state index in [1.54, 1.807) is 25.1 Å². The number of pyridine rings is 1. The SMILES string of the molecule is Cc1cc(NC(=O)C2CCN(c3cccc(C(=O)O)n3)CC2)no1. The number of piperidine rings is 1. The van der Waals surface area contributed by atoms with E-state index in [4.69, 9.17) is 9.63 Å². The highest BCUT2D eigenvalue weighted by Gasteiger charge is 2.26. The maximum atomic E-state index is 12.3. The summed E-state index contributed by atoms with van der Waals surface area (Å²) in [5.74, 6) is 0.464. The van der Waals surface area contributed by atoms with Crippen LogP contribution >= 0.6 is 0 Å². The van der Waals surface area contributed by atoms with Gasteiger partial charge in [0.15, 0.2) is 11.5 Å². The van der Waals surface area contributed by atoms with Crippen molar-refractivity contribution >= 4 is 23.5 Å². The second-order valence-electron chi connectivity index (χ2n) is 5.76. The van der Waals surface area contributed by atoms with Crippen LogP contribution < -0.4 is 10.2 Å². The van der Waals surface area contributed by atoms with Gasteiger partial charge in [0.2, 0.25) is 5.91 Å². The molecule has 1 fully saturated rings. The molecule has 1 amide bonds. The number of aromatic nitrogens is 2. The molecule has 1 saturated heterocycles. The fourth-order valence-corrected chi connectivity index (χ4v) is 2.74. The summed E-state index contributed by atoms with van der Waals surface area (Å²) in [5, 5.41) is 15.5. The third-order valence-corrected chi connectivity index (χ3v) is 4.02. The van der Waals surface area contributed by atoms with E-state index in [1.165, 1.54) is 6.07 Å². The molecule has 8 heteroatoms. The number of anilines is 2. The van der Waals surface area contributed by atoms with Gasteiger partial charge < -0.3 is 19.8 Å². The van der Waals surface area contributed by atoms with Gasteiger partial charge in [-0.1, -0.05) is 11.2 Å². The van der Waals surface area contributed by atoms with Crippen LogP contribution in [0, 0.1) is 12.8 Å². The fourth-order valence-electron chi connectivity index (χ4n) is 2.74. The van der Waals surface area contributed by atoms with Gasteiger partial charge in [-0.15, -0.1) is 0 Å². The lowest BCUT2D eigenvalue weighted by Crippen LogP contribution is -2.38. The highest BCUT2D eigenvalue weighted by atomic mass is 16.5. The second kappa shape index (κ2) is 6.69. The quantitative estimate of drug-likeness (QED) is 0.881. The number of hydrogen-bond acceptors (Lipinski definition) is 6. The van der Waals surface area contributed by atoms with Gasteiger partial charge in [0, 0.05) is 25.1 Å². The van der Waals surface area contributed by atoms with E-state index in [2.05, 4.69) is 15.5 Å². The second-order valence-corrected chi connectivity index (χ2v) is 5.76. The number of nitrogens with one attached hydrogen (secondary N) is 1. The molecule has 0 saturated carbocycles. The molecule has 0 unspecified atom stereocenters. The van der Waals surface area contributed by atoms with Crippen molar-refractivity contribution in [1.29, 1.82) is 0 Å². The van der Waals surface area contributed by atoms with Crippen molar-refractivity contribution in [2.24, 2.45) is 5.92 Å². The monoisotopic (exact) mass is 330 g/mol. The molecule has 0 aromatic carbocycles. The van der Waals surface area contributed by atoms with Crippen LogP contribution in [0.25, 0.3) is 0 Å². The molecule has 0 atom stereocenters. The molecular formula is C16H18N4O4. The number of rotatable bonds is 4. The Hall–Kier alpha value is -2.90. The number of carboxylic acid groups (broad SMARTS) is 1. The molecular weight excluding hydrogens is 312 g/mol. The zero-order chi connectivity index (χ0) is 17.1. The Morgan fingerprint density at radius 1 is 1.33 bits per heavy atom. The van der Waals surface area contributed by atoms with Crippen molar-refractivity contribution in [3.05, 3.63) is 35.7 Å². The van der Waals surface area contributed by atoms with Crippen LogP contribution in [0.2, 0.25) is 0 Å². The molecule has 2 N–H and O–H groups in total. The predicted molar refractivity (Wildman–Crippen MR) is 86.0 cm³/mol. The van der Waals surface area contributed by atoms with Crippen molar-refractivity contribution in [2.45, 2.75) is 19.8 Å². The Labute approximate surface area is 138 Å². The minimum absolute atomic E-state index is 0.0220. The van der Waals surface area contributed by atoms with Crippen LogP contribution in [0.3, 0.4) is 0 Å². The van der Waals surface area contributed by atoms with E-state index in [-0.39, 0.29) is 17.5 Å². The van der Waals surface area contributed by atoms with Gasteiger partial charge in [-0.05, 0) is 31.9 Å². The van der Waals surface area contributed by atoms with E-state index in [0.717, 1.165) is 0 Å². The molecule has 0 spiro atoms. The number of carboxylic acids is 1. The van der Waals surface area contributed by atoms with Crippen LogP contribution in [0.4, 0.5) is 11.6 Å². The molecule has 1 aliphatic rings. The Balaban J connectivity index is 1.58. The third-order valence-electron chi connectivity index (χ3n) is 4.02. The number of carbonyl (C=O) groups is 2. The summed E-state index contributed by atoms with van der Waals surface area (Å²) >= 11 is 0. The number of carbonyl (C=O) groups excluding carboxylic acids is 1. The predicted octanol–water partition coefficient (Wildman–Crippen LogP) is 1.93. The first-order chi connectivity index (χ1) is 11.5. The number of aromatic carboxylic acids is 1. The first-order valence-corrected chi connectivity index (χ1v) is 7.72. The lowest BCUT2D eigenvalue weighted by molar-refractivity contribution is -0.120. The maximum absolute atomic E-state index is 12.3. The number of aryl methyl sites for hydroxylation is 1. The summed E-state index contributed by atoms with van der Waals surface area (Å²) in [7, 11) is 0. The largest absolute Gasteiger partial charge is 0.477 e. The van der Waals surface area contributed by atoms with E-state index < -0.39 is 5.97 Å². The normalized spacial score (nSPS) is 15.3. The van der Waals surface area contributed by atoms with Gasteiger partial charge >= 0.3 is 5.97 Å². The minimum Gasteiger partial charge on any atom is -0.477 e. The average Bonchev–Trinajstić information content (AvgIpc) is 3.00. The van der Waals surface area contributed by atoms with E-state index in [1.807, 2.05) is 4.90 Å². The minimum atomic E-state index is -1.05. The molecule has 24 heavy (non-hydrogen) atoms. The highest BCUT2D eigenvalue weighted by Crippen LogP contribution is 2.23. The summed E-state index contributed by atoms with van der Waals surface area (Å²) in [5.41, 5.74) is 0.0220. The van der Waals surface area contributed by atoms with Gasteiger partial charge in [0.1, 0.15) is 11.6 Å². The van der Waals surface area contributed by atoms with E-state index in [0.29, 0.717) is 43.3 Å². The summed E-state index contributed by atoms with van der Waals surface area (Å²) in [6.45, 7) is 3.05. The molecule has 3 rings (SSSR count). The molecule has 2 aromatic heterocycles. The van der Waals surface area contributed by atoms with Crippen LogP contribution in [0.5, 0.6) is 0 Å². The van der Waals surface area contributed by atoms with Gasteiger partial charge in [0.25, 0.3) is 0 Å². The molecule has 0 aliphatic carbocycles. The van der Waals surface area contributed by atoms with E-state index >= 15 is 0 Å². The summed E-state index contributed by atoms with van der Waals surface area (Å²) in [6.07, 6.45) is 1.34. The van der Waals surface area contributed by atoms with Crippen LogP contribution in [-0.2, 0) is 4.79 Å². The van der Waals surface area contributed by atoms with Crippen molar-refractivity contribution in [2.75, 3.05) is 23.3 Å². The molecule has 1 aliphatic heterocycles. The van der Waals surface area contributed by atoms with Gasteiger partial charge in [-0.25, -0.2) is 9.78 Å². The maximum Gasteiger partial charge on any atom is 0.354 e. The number of amides is 1. The van der Waals surface area contributed by atoms with Crippen molar-refractivity contribution < 1.29 is 19.2 Å². The van der Waals surface area contributed by atoms with E-state index in [9.17, 15) is 9.59 Å². The third kappa shape index (κ3) is 3.53. The number of nitrogens with zero attached hydrogens (tertiary/aromatic N) is 3. The fraction of sp³-hybridized carbons (Fsp3) is 0.375. The Morgan fingerprint density at radius 2 is 2.08 bits per heavy atom. The van der Waals surface area contributed by atoms with Crippen LogP contribution in [0.15, 0.2) is 28.8 Å². The molecule has 2 aromatic rings. The summed E-state index contributed by atoms with van der Waals surface area (Å²) in [4.78, 5) is 29.4. The molecule has 126 valence electrons. The Kier molecular flexibility index (Phi) is 4.45. The number of hydrogen-bond donors (Lipinski definition) is 2. The molecule has 3 heterocycles. The lowest BCUT2D eigenvalue weighted by Gasteiger charge is -2.32. The van der Waals surface area contributed by atoms with Crippen molar-refractivity contribution in [1.82, 2.24) is 10.1 Å². The summed E-state index contributed by atoms with van der Waals surface area (Å²) in [6, 6.07) is 6.60. The highest BCUT2D eigenvalue weighted by molar-refractivity contribution is 5.91. The first kappa shape index (κ1) is 16.0. The molecule has 8 nitrogen and oxygen atoms in total. The van der Waals surface area contributed by atoms with Gasteiger partial charge in [0.05, 0.1) is 0 Å². The Morgan fingerprint density at radius 3 is 2.71 bits per heavy atom. The van der Waals surface area contributed by atoms with Gasteiger partial charge in [-0.2, -0.15) is 0 Å². The standard InChI is InChI=1S/C16H18N4O4/c1-10-9-13(19-24-10)18-15(21)11-5-7-20(8-6-11)14-4-2-3-12(17-14)16(22)23/h2-4,9,11H,5-8H2,1H3,(H,22,23)(H,18,19,21). The summed E-state index contributed by atoms with van der Waals surface area (Å²) < 4.78 is 4.93.